The number of hydrogen-bond donors (Lipinski definition) is 3. The number of ether oxygens (including phenoxy) is 1. The second-order valence-electron chi connectivity index (χ2n) is 9.59. The lowest BCUT2D eigenvalue weighted by Gasteiger charge is -2.28. The monoisotopic (exact) mass is 480 g/mol. The third kappa shape index (κ3) is 5.84. The molecule has 3 N–H and O–H groups in total. The summed E-state index contributed by atoms with van der Waals surface area (Å²) in [7, 11) is 0. The largest absolute Gasteiger partial charge is 0.481 e. The van der Waals surface area contributed by atoms with Crippen molar-refractivity contribution in [3.05, 3.63) is 59.7 Å². The summed E-state index contributed by atoms with van der Waals surface area (Å²) < 4.78 is 5.62. The van der Waals surface area contributed by atoms with Crippen LogP contribution in [-0.4, -0.2) is 42.3 Å². The Kier molecular flexibility index (Phi) is 8.54. The zero-order chi connectivity index (χ0) is 25.6. The van der Waals surface area contributed by atoms with Gasteiger partial charge in [0.15, 0.2) is 0 Å². The molecule has 0 spiro atoms. The molecule has 7 heteroatoms. The van der Waals surface area contributed by atoms with Crippen LogP contribution >= 0.6 is 0 Å². The van der Waals surface area contributed by atoms with Crippen molar-refractivity contribution < 1.29 is 24.2 Å². The zero-order valence-corrected chi connectivity index (χ0v) is 21.0. The summed E-state index contributed by atoms with van der Waals surface area (Å²) in [4.78, 5) is 36.9. The topological polar surface area (TPSA) is 105 Å². The summed E-state index contributed by atoms with van der Waals surface area (Å²) in [6, 6.07) is 15.8. The number of alkyl carbamates (subject to hydrolysis) is 1. The van der Waals surface area contributed by atoms with Gasteiger partial charge in [0.05, 0.1) is 5.41 Å². The number of benzene rings is 2. The minimum Gasteiger partial charge on any atom is -0.481 e. The normalized spacial score (nSPS) is 13.6. The number of carbonyl (C=O) groups excluding carboxylic acids is 2. The minimum absolute atomic E-state index is 0.0113. The third-order valence-electron chi connectivity index (χ3n) is 7.29. The molecule has 0 saturated heterocycles. The van der Waals surface area contributed by atoms with Crippen LogP contribution in [-0.2, 0) is 14.3 Å². The van der Waals surface area contributed by atoms with Crippen molar-refractivity contribution >= 4 is 18.0 Å². The molecule has 1 aliphatic rings. The Balaban J connectivity index is 1.58. The van der Waals surface area contributed by atoms with Crippen molar-refractivity contribution in [2.24, 2.45) is 11.3 Å². The number of rotatable bonds is 11. The van der Waals surface area contributed by atoms with Crippen molar-refractivity contribution in [2.75, 3.05) is 13.2 Å². The summed E-state index contributed by atoms with van der Waals surface area (Å²) in [6.45, 7) is 7.70. The molecule has 0 heterocycles. The SMILES string of the molecule is CCC(CC)(CNC(=O)CC(NC(=O)OCC1c2ccccc2-c2ccccc21)C(C)C)C(=O)O. The second kappa shape index (κ2) is 11.4. The standard InChI is InChI=1S/C28H36N2O5/c1-5-28(6-2,26(32)33)17-29-25(31)15-24(18(3)4)30-27(34)35-16-23-21-13-9-7-11-19(21)20-12-8-10-14-22(20)23/h7-14,18,23-24H,5-6,15-17H2,1-4H3,(H,29,31)(H,30,34)(H,32,33). The summed E-state index contributed by atoms with van der Waals surface area (Å²) >= 11 is 0. The summed E-state index contributed by atoms with van der Waals surface area (Å²) in [6.07, 6.45) is 0.320. The van der Waals surface area contributed by atoms with Gasteiger partial charge in [-0.1, -0.05) is 76.2 Å². The van der Waals surface area contributed by atoms with E-state index in [4.69, 9.17) is 4.74 Å². The van der Waals surface area contributed by atoms with Gasteiger partial charge in [0.25, 0.3) is 0 Å². The molecule has 2 aromatic carbocycles. The first-order valence-corrected chi connectivity index (χ1v) is 12.3. The molecule has 35 heavy (non-hydrogen) atoms. The van der Waals surface area contributed by atoms with Gasteiger partial charge < -0.3 is 20.5 Å². The molecule has 2 aromatic rings. The molecule has 0 radical (unpaired) electrons. The van der Waals surface area contributed by atoms with E-state index in [2.05, 4.69) is 34.9 Å². The van der Waals surface area contributed by atoms with E-state index in [1.165, 1.54) is 0 Å². The van der Waals surface area contributed by atoms with Crippen molar-refractivity contribution in [3.8, 4) is 11.1 Å². The predicted octanol–water partition coefficient (Wildman–Crippen LogP) is 4.95. The van der Waals surface area contributed by atoms with Gasteiger partial charge in [-0.3, -0.25) is 9.59 Å². The number of carboxylic acid groups (broad SMARTS) is 1. The molecule has 1 unspecified atom stereocenters. The Morgan fingerprint density at radius 1 is 0.971 bits per heavy atom. The first kappa shape index (κ1) is 26.3. The van der Waals surface area contributed by atoms with E-state index >= 15 is 0 Å². The van der Waals surface area contributed by atoms with Gasteiger partial charge in [0, 0.05) is 24.9 Å². The van der Waals surface area contributed by atoms with E-state index in [1.807, 2.05) is 38.1 Å². The number of aliphatic carboxylic acids is 1. The van der Waals surface area contributed by atoms with Gasteiger partial charge in [0.2, 0.25) is 5.91 Å². The number of carbonyl (C=O) groups is 3. The second-order valence-corrected chi connectivity index (χ2v) is 9.59. The molecule has 0 aromatic heterocycles. The molecule has 0 aliphatic heterocycles. The number of nitrogens with one attached hydrogen (secondary N) is 2. The number of hydrogen-bond acceptors (Lipinski definition) is 4. The maximum Gasteiger partial charge on any atom is 0.407 e. The fraction of sp³-hybridized carbons (Fsp3) is 0.464. The van der Waals surface area contributed by atoms with E-state index in [0.717, 1.165) is 22.3 Å². The van der Waals surface area contributed by atoms with Crippen LogP contribution in [0.5, 0.6) is 0 Å². The summed E-state index contributed by atoms with van der Waals surface area (Å²) in [5.74, 6) is -1.26. The van der Waals surface area contributed by atoms with Gasteiger partial charge in [-0.15, -0.1) is 0 Å². The summed E-state index contributed by atoms with van der Waals surface area (Å²) in [5, 5.41) is 15.2. The Labute approximate surface area is 207 Å². The third-order valence-corrected chi connectivity index (χ3v) is 7.29. The van der Waals surface area contributed by atoms with Gasteiger partial charge in [-0.25, -0.2) is 4.79 Å². The quantitative estimate of drug-likeness (QED) is 0.422. The molecule has 0 bridgehead atoms. The molecule has 188 valence electrons. The smallest absolute Gasteiger partial charge is 0.407 e. The van der Waals surface area contributed by atoms with E-state index in [0.29, 0.717) is 12.8 Å². The molecule has 7 nitrogen and oxygen atoms in total. The van der Waals surface area contributed by atoms with Crippen LogP contribution in [0.4, 0.5) is 4.79 Å². The average molecular weight is 481 g/mol. The average Bonchev–Trinajstić information content (AvgIpc) is 3.16. The highest BCUT2D eigenvalue weighted by molar-refractivity contribution is 5.81. The van der Waals surface area contributed by atoms with Gasteiger partial charge in [-0.2, -0.15) is 0 Å². The highest BCUT2D eigenvalue weighted by atomic mass is 16.5. The van der Waals surface area contributed by atoms with Crippen LogP contribution in [0.1, 0.15) is 64.0 Å². The molecule has 2 amide bonds. The fourth-order valence-electron chi connectivity index (χ4n) is 4.66. The molecule has 3 rings (SSSR count). The molecule has 0 saturated carbocycles. The minimum atomic E-state index is -0.983. The molecule has 1 atom stereocenters. The van der Waals surface area contributed by atoms with E-state index in [9.17, 15) is 19.5 Å². The van der Waals surface area contributed by atoms with E-state index in [-0.39, 0.29) is 37.3 Å². The van der Waals surface area contributed by atoms with Crippen LogP contribution < -0.4 is 10.6 Å². The molecular weight excluding hydrogens is 444 g/mol. The van der Waals surface area contributed by atoms with Gasteiger partial charge in [0.1, 0.15) is 6.61 Å². The van der Waals surface area contributed by atoms with Crippen LogP contribution in [0, 0.1) is 11.3 Å². The molecule has 0 fully saturated rings. The lowest BCUT2D eigenvalue weighted by molar-refractivity contribution is -0.149. The first-order chi connectivity index (χ1) is 16.7. The van der Waals surface area contributed by atoms with Crippen LogP contribution in [0.3, 0.4) is 0 Å². The lowest BCUT2D eigenvalue weighted by Crippen LogP contribution is -2.46. The first-order valence-electron chi connectivity index (χ1n) is 12.3. The number of carboxylic acids is 1. The Morgan fingerprint density at radius 3 is 2.00 bits per heavy atom. The van der Waals surface area contributed by atoms with Gasteiger partial charge in [-0.05, 0) is 41.0 Å². The van der Waals surface area contributed by atoms with Crippen LogP contribution in [0.15, 0.2) is 48.5 Å². The Morgan fingerprint density at radius 2 is 1.51 bits per heavy atom. The van der Waals surface area contributed by atoms with Crippen molar-refractivity contribution in [1.82, 2.24) is 10.6 Å². The van der Waals surface area contributed by atoms with Crippen molar-refractivity contribution in [1.29, 1.82) is 0 Å². The highest BCUT2D eigenvalue weighted by Gasteiger charge is 2.35. The number of fused-ring (bicyclic) bond motifs is 3. The van der Waals surface area contributed by atoms with Crippen LogP contribution in [0.2, 0.25) is 0 Å². The lowest BCUT2D eigenvalue weighted by atomic mass is 9.82. The Bertz CT molecular complexity index is 1020. The predicted molar refractivity (Wildman–Crippen MR) is 135 cm³/mol. The highest BCUT2D eigenvalue weighted by Crippen LogP contribution is 2.44. The van der Waals surface area contributed by atoms with Crippen molar-refractivity contribution in [2.45, 2.75) is 58.9 Å². The number of amides is 2. The zero-order valence-electron chi connectivity index (χ0n) is 21.0. The molecule has 1 aliphatic carbocycles. The molecular formula is C28H36N2O5. The van der Waals surface area contributed by atoms with E-state index < -0.39 is 23.5 Å². The summed E-state index contributed by atoms with van der Waals surface area (Å²) in [5.41, 5.74) is 3.60. The maximum absolute atomic E-state index is 12.7. The van der Waals surface area contributed by atoms with Gasteiger partial charge >= 0.3 is 12.1 Å². The maximum atomic E-state index is 12.7. The fourth-order valence-corrected chi connectivity index (χ4v) is 4.66. The van der Waals surface area contributed by atoms with E-state index in [1.54, 1.807) is 13.8 Å². The van der Waals surface area contributed by atoms with Crippen LogP contribution in [0.25, 0.3) is 11.1 Å². The van der Waals surface area contributed by atoms with Crippen molar-refractivity contribution in [3.63, 3.8) is 0 Å². The Hall–Kier alpha value is -3.35.